The summed E-state index contributed by atoms with van der Waals surface area (Å²) >= 11 is 0. The van der Waals surface area contributed by atoms with Crippen LogP contribution in [-0.4, -0.2) is 35.7 Å². The molecule has 6 nitrogen and oxygen atoms in total. The van der Waals surface area contributed by atoms with Crippen molar-refractivity contribution in [3.8, 4) is 11.5 Å². The van der Waals surface area contributed by atoms with Gasteiger partial charge < -0.3 is 19.4 Å². The molecule has 3 aromatic rings. The van der Waals surface area contributed by atoms with E-state index in [0.717, 1.165) is 22.4 Å². The first kappa shape index (κ1) is 19.5. The molecule has 0 bridgehead atoms. The summed E-state index contributed by atoms with van der Waals surface area (Å²) in [6.45, 7) is 5.63. The number of imidazole rings is 1. The topological polar surface area (TPSA) is 65.4 Å². The molecule has 0 fully saturated rings. The largest absolute Gasteiger partial charge is 0.493 e. The highest BCUT2D eigenvalue weighted by Gasteiger charge is 2.07. The number of benzene rings is 2. The SMILES string of the molecule is CCOc1cc(/C=C/C(=O)NCCn2c(C)nc3ccccc32)ccc1OC. The lowest BCUT2D eigenvalue weighted by molar-refractivity contribution is -0.116. The highest BCUT2D eigenvalue weighted by molar-refractivity contribution is 5.91. The van der Waals surface area contributed by atoms with E-state index < -0.39 is 0 Å². The van der Waals surface area contributed by atoms with E-state index in [0.29, 0.717) is 31.2 Å². The number of para-hydroxylation sites is 2. The molecule has 3 rings (SSSR count). The van der Waals surface area contributed by atoms with Gasteiger partial charge in [-0.15, -0.1) is 0 Å². The number of carbonyl (C=O) groups is 1. The Kier molecular flexibility index (Phi) is 6.32. The molecule has 2 aromatic carbocycles. The fourth-order valence-corrected chi connectivity index (χ4v) is 3.07. The molecule has 1 heterocycles. The molecular weight excluding hydrogens is 354 g/mol. The zero-order valence-corrected chi connectivity index (χ0v) is 16.4. The third-order valence-corrected chi connectivity index (χ3v) is 4.39. The molecule has 0 saturated carbocycles. The van der Waals surface area contributed by atoms with Crippen LogP contribution in [0, 0.1) is 6.92 Å². The number of methoxy groups -OCH3 is 1. The summed E-state index contributed by atoms with van der Waals surface area (Å²) in [7, 11) is 1.60. The van der Waals surface area contributed by atoms with E-state index in [4.69, 9.17) is 9.47 Å². The molecule has 0 spiro atoms. The fraction of sp³-hybridized carbons (Fsp3) is 0.273. The number of nitrogens with zero attached hydrogens (tertiary/aromatic N) is 2. The van der Waals surface area contributed by atoms with Crippen molar-refractivity contribution in [2.75, 3.05) is 20.3 Å². The smallest absolute Gasteiger partial charge is 0.244 e. The van der Waals surface area contributed by atoms with Crippen molar-refractivity contribution in [1.82, 2.24) is 14.9 Å². The summed E-state index contributed by atoms with van der Waals surface area (Å²) in [5, 5.41) is 2.92. The second kappa shape index (κ2) is 9.08. The summed E-state index contributed by atoms with van der Waals surface area (Å²) in [6.07, 6.45) is 3.28. The average molecular weight is 379 g/mol. The van der Waals surface area contributed by atoms with Crippen LogP contribution in [0.4, 0.5) is 0 Å². The maximum absolute atomic E-state index is 12.1. The Labute approximate surface area is 164 Å². The van der Waals surface area contributed by atoms with Crippen LogP contribution in [0.5, 0.6) is 11.5 Å². The maximum Gasteiger partial charge on any atom is 0.244 e. The first-order valence-corrected chi connectivity index (χ1v) is 9.31. The molecule has 1 amide bonds. The molecule has 146 valence electrons. The number of fused-ring (bicyclic) bond motifs is 1. The lowest BCUT2D eigenvalue weighted by Crippen LogP contribution is -2.25. The molecule has 6 heteroatoms. The number of hydrogen-bond donors (Lipinski definition) is 1. The van der Waals surface area contributed by atoms with Gasteiger partial charge in [-0.25, -0.2) is 4.98 Å². The van der Waals surface area contributed by atoms with Crippen molar-refractivity contribution < 1.29 is 14.3 Å². The van der Waals surface area contributed by atoms with Crippen molar-refractivity contribution >= 4 is 23.0 Å². The second-order valence-corrected chi connectivity index (χ2v) is 6.27. The molecule has 0 aliphatic rings. The zero-order chi connectivity index (χ0) is 19.9. The van der Waals surface area contributed by atoms with Crippen LogP contribution < -0.4 is 14.8 Å². The van der Waals surface area contributed by atoms with Crippen molar-refractivity contribution in [3.63, 3.8) is 0 Å². The summed E-state index contributed by atoms with van der Waals surface area (Å²) in [6, 6.07) is 13.6. The highest BCUT2D eigenvalue weighted by Crippen LogP contribution is 2.28. The Morgan fingerprint density at radius 2 is 2.04 bits per heavy atom. The molecule has 0 unspecified atom stereocenters. The van der Waals surface area contributed by atoms with Crippen molar-refractivity contribution in [2.45, 2.75) is 20.4 Å². The van der Waals surface area contributed by atoms with Gasteiger partial charge in [0.2, 0.25) is 5.91 Å². The van der Waals surface area contributed by atoms with Gasteiger partial charge in [-0.05, 0) is 49.8 Å². The molecule has 28 heavy (non-hydrogen) atoms. The Hall–Kier alpha value is -3.28. The number of amides is 1. The predicted molar refractivity (Wildman–Crippen MR) is 111 cm³/mol. The summed E-state index contributed by atoms with van der Waals surface area (Å²) in [5.74, 6) is 2.13. The molecular formula is C22H25N3O3. The van der Waals surface area contributed by atoms with Gasteiger partial charge in [0.15, 0.2) is 11.5 Å². The van der Waals surface area contributed by atoms with Gasteiger partial charge in [0.25, 0.3) is 0 Å². The molecule has 0 aliphatic carbocycles. The van der Waals surface area contributed by atoms with Gasteiger partial charge in [-0.1, -0.05) is 18.2 Å². The van der Waals surface area contributed by atoms with Crippen molar-refractivity contribution in [1.29, 1.82) is 0 Å². The fourth-order valence-electron chi connectivity index (χ4n) is 3.07. The van der Waals surface area contributed by atoms with Crippen molar-refractivity contribution in [3.05, 3.63) is 59.9 Å². The van der Waals surface area contributed by atoms with Crippen molar-refractivity contribution in [2.24, 2.45) is 0 Å². The van der Waals surface area contributed by atoms with Crippen LogP contribution in [0.3, 0.4) is 0 Å². The highest BCUT2D eigenvalue weighted by atomic mass is 16.5. The van der Waals surface area contributed by atoms with Crippen LogP contribution in [-0.2, 0) is 11.3 Å². The van der Waals surface area contributed by atoms with Crippen LogP contribution in [0.25, 0.3) is 17.1 Å². The predicted octanol–water partition coefficient (Wildman–Crippen LogP) is 3.58. The molecule has 1 N–H and O–H groups in total. The third kappa shape index (κ3) is 4.52. The first-order valence-electron chi connectivity index (χ1n) is 9.31. The van der Waals surface area contributed by atoms with Crippen LogP contribution >= 0.6 is 0 Å². The minimum absolute atomic E-state index is 0.143. The minimum Gasteiger partial charge on any atom is -0.493 e. The lowest BCUT2D eigenvalue weighted by Gasteiger charge is -2.09. The lowest BCUT2D eigenvalue weighted by atomic mass is 10.2. The number of aryl methyl sites for hydroxylation is 1. The Balaban J connectivity index is 1.58. The van der Waals surface area contributed by atoms with Gasteiger partial charge in [0.1, 0.15) is 5.82 Å². The summed E-state index contributed by atoms with van der Waals surface area (Å²) < 4.78 is 12.9. The molecule has 0 radical (unpaired) electrons. The van der Waals surface area contributed by atoms with E-state index in [1.807, 2.05) is 56.3 Å². The Bertz CT molecular complexity index is 992. The van der Waals surface area contributed by atoms with E-state index in [2.05, 4.69) is 14.9 Å². The molecule has 0 aliphatic heterocycles. The van der Waals surface area contributed by atoms with Crippen LogP contribution in [0.2, 0.25) is 0 Å². The van der Waals surface area contributed by atoms with Gasteiger partial charge in [-0.2, -0.15) is 0 Å². The quantitative estimate of drug-likeness (QED) is 0.608. The maximum atomic E-state index is 12.1. The Morgan fingerprint density at radius 3 is 2.82 bits per heavy atom. The number of nitrogens with one attached hydrogen (secondary N) is 1. The monoisotopic (exact) mass is 379 g/mol. The molecule has 0 atom stereocenters. The van der Waals surface area contributed by atoms with E-state index in [9.17, 15) is 4.79 Å². The number of carbonyl (C=O) groups excluding carboxylic acids is 1. The van der Waals surface area contributed by atoms with E-state index in [1.165, 1.54) is 6.08 Å². The van der Waals surface area contributed by atoms with Gasteiger partial charge in [0, 0.05) is 19.2 Å². The van der Waals surface area contributed by atoms with Crippen LogP contribution in [0.15, 0.2) is 48.5 Å². The second-order valence-electron chi connectivity index (χ2n) is 6.27. The third-order valence-electron chi connectivity index (χ3n) is 4.39. The van der Waals surface area contributed by atoms with Gasteiger partial charge >= 0.3 is 0 Å². The normalized spacial score (nSPS) is 11.1. The standard InChI is InChI=1S/C22H25N3O3/c1-4-28-21-15-17(9-11-20(21)27-3)10-12-22(26)23-13-14-25-16(2)24-18-7-5-6-8-19(18)25/h5-12,15H,4,13-14H2,1-3H3,(H,23,26)/b12-10+. The number of hydrogen-bond acceptors (Lipinski definition) is 4. The summed E-state index contributed by atoms with van der Waals surface area (Å²) in [4.78, 5) is 16.7. The number of aromatic nitrogens is 2. The number of rotatable bonds is 8. The van der Waals surface area contributed by atoms with E-state index in [1.54, 1.807) is 13.2 Å². The summed E-state index contributed by atoms with van der Waals surface area (Å²) in [5.41, 5.74) is 2.91. The number of ether oxygens (including phenoxy) is 2. The minimum atomic E-state index is -0.143. The van der Waals surface area contributed by atoms with E-state index >= 15 is 0 Å². The molecule has 0 saturated heterocycles. The van der Waals surface area contributed by atoms with Crippen LogP contribution in [0.1, 0.15) is 18.3 Å². The average Bonchev–Trinajstić information content (AvgIpc) is 3.02. The van der Waals surface area contributed by atoms with Gasteiger partial charge in [-0.3, -0.25) is 4.79 Å². The zero-order valence-electron chi connectivity index (χ0n) is 16.4. The van der Waals surface area contributed by atoms with Gasteiger partial charge in [0.05, 0.1) is 24.8 Å². The first-order chi connectivity index (χ1) is 13.6. The molecule has 1 aromatic heterocycles. The Morgan fingerprint density at radius 1 is 1.21 bits per heavy atom. The van der Waals surface area contributed by atoms with E-state index in [-0.39, 0.29) is 5.91 Å².